The number of hydrogen-bond donors (Lipinski definition) is 6. The van der Waals surface area contributed by atoms with Gasteiger partial charge in [0.05, 0.1) is 21.0 Å². The second-order valence-corrected chi connectivity index (χ2v) is 20.2. The second-order valence-electron chi connectivity index (χ2n) is 15.0. The highest BCUT2D eigenvalue weighted by Gasteiger charge is 2.24. The molecule has 70 heavy (non-hydrogen) atoms. The number of thiophene rings is 1. The first-order valence-corrected chi connectivity index (χ1v) is 25.2. The van der Waals surface area contributed by atoms with Crippen molar-refractivity contribution in [3.63, 3.8) is 0 Å². The molecule has 20 nitrogen and oxygen atoms in total. The minimum absolute atomic E-state index is 0.0165. The zero-order valence-corrected chi connectivity index (χ0v) is 39.1. The second kappa shape index (κ2) is 19.3. The number of hydrogen-bond acceptors (Lipinski definition) is 18. The molecule has 0 unspecified atom stereocenters. The van der Waals surface area contributed by atoms with Crippen LogP contribution in [0.4, 0.5) is 44.4 Å². The Morgan fingerprint density at radius 3 is 1.87 bits per heavy atom. The Bertz CT molecular complexity index is 3930. The molecule has 350 valence electrons. The number of nitriles is 2. The molecular weight excluding hydrogens is 981 g/mol. The van der Waals surface area contributed by atoms with Gasteiger partial charge in [0, 0.05) is 27.9 Å². The molecule has 0 bridgehead atoms. The third-order valence-corrected chi connectivity index (χ3v) is 14.0. The van der Waals surface area contributed by atoms with Gasteiger partial charge < -0.3 is 15.4 Å². The molecule has 0 saturated heterocycles. The molecule has 8 rings (SSSR count). The van der Waals surface area contributed by atoms with E-state index in [2.05, 4.69) is 48.2 Å². The first-order chi connectivity index (χ1) is 33.3. The first kappa shape index (κ1) is 48.1. The highest BCUT2D eigenvalue weighted by atomic mass is 32.2. The lowest BCUT2D eigenvalue weighted by molar-refractivity contribution is 0.306. The molecule has 0 saturated carbocycles. The molecule has 0 fully saturated rings. The van der Waals surface area contributed by atoms with Crippen LogP contribution in [0.1, 0.15) is 22.3 Å². The van der Waals surface area contributed by atoms with Crippen molar-refractivity contribution in [3.05, 3.63) is 144 Å². The van der Waals surface area contributed by atoms with Crippen LogP contribution in [-0.2, 0) is 41.7 Å². The molecule has 0 amide bonds. The highest BCUT2D eigenvalue weighted by molar-refractivity contribution is 7.86. The van der Waals surface area contributed by atoms with Gasteiger partial charge in [0.1, 0.15) is 39.9 Å². The molecule has 6 N–H and O–H groups in total. The standard InChI is InChI=1S/C46H32N10O10S4/c1-26-38(22-47)43(50-32-10-14-35(15-11-32)68(57,58)59)52-44(51-33-12-16-36(17-13-33)69(60,61)62)42(26)54-55-45-39(23-48)41(31-9-8-28-4-2-3-5-29(28)19-31)46(67-45)56-53-34-20-30-7-6-27(24-66-25-49)18-37(30)40(21-34)70(63,64)65/h2-21,25,49H,24H2,1H3,(H2,50,51,52)(H,57,58,59)(H,60,61,62)(H,63,64,65). The van der Waals surface area contributed by atoms with Crippen LogP contribution in [0.3, 0.4) is 0 Å². The summed E-state index contributed by atoms with van der Waals surface area (Å²) in [4.78, 5) is 3.38. The van der Waals surface area contributed by atoms with E-state index in [-0.39, 0.29) is 78.0 Å². The number of fused-ring (bicyclic) bond motifs is 2. The van der Waals surface area contributed by atoms with Crippen molar-refractivity contribution in [1.82, 2.24) is 4.98 Å². The molecule has 8 aromatic rings. The highest BCUT2D eigenvalue weighted by Crippen LogP contribution is 2.49. The lowest BCUT2D eigenvalue weighted by atomic mass is 10.00. The number of anilines is 4. The van der Waals surface area contributed by atoms with Crippen molar-refractivity contribution >= 4 is 114 Å². The molecule has 0 aliphatic heterocycles. The molecule has 0 atom stereocenters. The molecule has 0 aliphatic carbocycles. The molecule has 2 heterocycles. The maximum Gasteiger partial charge on any atom is 0.295 e. The average molecular weight is 1010 g/mol. The van der Waals surface area contributed by atoms with Crippen molar-refractivity contribution < 1.29 is 43.6 Å². The van der Waals surface area contributed by atoms with Crippen LogP contribution in [0.2, 0.25) is 0 Å². The van der Waals surface area contributed by atoms with Crippen molar-refractivity contribution in [2.24, 2.45) is 20.5 Å². The van der Waals surface area contributed by atoms with Crippen LogP contribution < -0.4 is 10.6 Å². The van der Waals surface area contributed by atoms with Gasteiger partial charge in [0.25, 0.3) is 30.4 Å². The predicted octanol–water partition coefficient (Wildman–Crippen LogP) is 11.4. The Morgan fingerprint density at radius 1 is 0.671 bits per heavy atom. The number of nitrogens with zero attached hydrogens (tertiary/aromatic N) is 7. The quantitative estimate of drug-likeness (QED) is 0.0241. The molecule has 6 aromatic carbocycles. The van der Waals surface area contributed by atoms with Crippen LogP contribution >= 0.6 is 11.3 Å². The Balaban J connectivity index is 1.27. The summed E-state index contributed by atoms with van der Waals surface area (Å²) in [5.41, 5.74) is 2.09. The number of aromatic nitrogens is 1. The zero-order valence-electron chi connectivity index (χ0n) is 35.8. The van der Waals surface area contributed by atoms with Gasteiger partial charge in [-0.2, -0.15) is 35.8 Å². The summed E-state index contributed by atoms with van der Waals surface area (Å²) in [6, 6.07) is 34.6. The van der Waals surface area contributed by atoms with E-state index in [9.17, 15) is 49.4 Å². The van der Waals surface area contributed by atoms with E-state index in [1.54, 1.807) is 31.2 Å². The summed E-state index contributed by atoms with van der Waals surface area (Å²) in [5, 5.41) is 54.7. The Morgan fingerprint density at radius 2 is 1.27 bits per heavy atom. The first-order valence-electron chi connectivity index (χ1n) is 20.0. The van der Waals surface area contributed by atoms with E-state index in [0.717, 1.165) is 58.8 Å². The molecule has 0 spiro atoms. The summed E-state index contributed by atoms with van der Waals surface area (Å²) in [5.74, 6) is -0.0733. The fourth-order valence-corrected chi connectivity index (χ4v) is 9.75. The smallest absolute Gasteiger partial charge is 0.295 e. The van der Waals surface area contributed by atoms with Gasteiger partial charge in [-0.1, -0.05) is 59.9 Å². The minimum Gasteiger partial charge on any atom is -0.479 e. The lowest BCUT2D eigenvalue weighted by Crippen LogP contribution is -2.05. The van der Waals surface area contributed by atoms with Crippen molar-refractivity contribution in [2.45, 2.75) is 28.2 Å². The van der Waals surface area contributed by atoms with Gasteiger partial charge in [-0.05, 0) is 107 Å². The van der Waals surface area contributed by atoms with Gasteiger partial charge in [-0.25, -0.2) is 4.98 Å². The fraction of sp³-hybridized carbons (Fsp3) is 0.0435. The van der Waals surface area contributed by atoms with E-state index in [4.69, 9.17) is 10.1 Å². The van der Waals surface area contributed by atoms with Crippen molar-refractivity contribution in [2.75, 3.05) is 10.6 Å². The third-order valence-electron chi connectivity index (χ3n) is 10.5. The van der Waals surface area contributed by atoms with Crippen molar-refractivity contribution in [1.29, 1.82) is 15.9 Å². The van der Waals surface area contributed by atoms with Gasteiger partial charge in [0.2, 0.25) is 0 Å². The maximum atomic E-state index is 12.7. The van der Waals surface area contributed by atoms with E-state index < -0.39 is 40.1 Å². The number of rotatable bonds is 15. The molecule has 0 aliphatic rings. The van der Waals surface area contributed by atoms with Crippen LogP contribution in [-0.4, -0.2) is 50.3 Å². The third kappa shape index (κ3) is 10.4. The average Bonchev–Trinajstić information content (AvgIpc) is 3.68. The van der Waals surface area contributed by atoms with E-state index >= 15 is 0 Å². The van der Waals surface area contributed by atoms with Gasteiger partial charge in [0.15, 0.2) is 23.0 Å². The predicted molar refractivity (Wildman–Crippen MR) is 260 cm³/mol. The van der Waals surface area contributed by atoms with Crippen LogP contribution in [0.25, 0.3) is 32.7 Å². The SMILES string of the molecule is Cc1c(C#N)c(Nc2ccc(S(=O)(=O)O)cc2)nc(Nc2ccc(S(=O)(=O)O)cc2)c1N=Nc1sc(N=Nc2cc(S(=O)(=O)O)c3cc(COC=N)ccc3c2)c(-c2ccc3ccccc3c2)c1C#N. The summed E-state index contributed by atoms with van der Waals surface area (Å²) in [7, 11) is -13.9. The normalized spacial score (nSPS) is 12.0. The number of benzene rings is 6. The van der Waals surface area contributed by atoms with E-state index in [1.807, 2.05) is 36.4 Å². The minimum atomic E-state index is -4.80. The fourth-order valence-electron chi connectivity index (χ4n) is 7.14. The molecular formula is C46H32N10O10S4. The summed E-state index contributed by atoms with van der Waals surface area (Å²) < 4.78 is 107. The number of ether oxygens (including phenoxy) is 1. The molecule has 2 aromatic heterocycles. The lowest BCUT2D eigenvalue weighted by Gasteiger charge is -2.16. The van der Waals surface area contributed by atoms with E-state index in [0.29, 0.717) is 22.1 Å². The molecule has 0 radical (unpaired) electrons. The van der Waals surface area contributed by atoms with Crippen molar-refractivity contribution in [3.8, 4) is 23.3 Å². The topological polar surface area (TPSA) is 330 Å². The molecule has 24 heteroatoms. The van der Waals surface area contributed by atoms with Gasteiger partial charge in [-0.15, -0.1) is 20.5 Å². The summed E-state index contributed by atoms with van der Waals surface area (Å²) in [6.07, 6.45) is 0.745. The summed E-state index contributed by atoms with van der Waals surface area (Å²) in [6.45, 7) is 1.52. The largest absolute Gasteiger partial charge is 0.479 e. The number of pyridine rings is 1. The number of nitrogens with one attached hydrogen (secondary N) is 3. The van der Waals surface area contributed by atoms with Crippen LogP contribution in [0.5, 0.6) is 0 Å². The summed E-state index contributed by atoms with van der Waals surface area (Å²) >= 11 is 0.907. The Labute approximate surface area is 402 Å². The monoisotopic (exact) mass is 1010 g/mol. The van der Waals surface area contributed by atoms with E-state index in [1.165, 1.54) is 30.3 Å². The Hall–Kier alpha value is -8.33. The van der Waals surface area contributed by atoms with Crippen LogP contribution in [0.15, 0.2) is 156 Å². The maximum absolute atomic E-state index is 12.7. The van der Waals surface area contributed by atoms with Gasteiger partial charge >= 0.3 is 0 Å². The zero-order chi connectivity index (χ0) is 50.0. The number of azo groups is 2. The van der Waals surface area contributed by atoms with Crippen LogP contribution in [0, 0.1) is 35.0 Å². The Kier molecular flexibility index (Phi) is 13.3. The van der Waals surface area contributed by atoms with Gasteiger partial charge in [-0.3, -0.25) is 19.1 Å².